The van der Waals surface area contributed by atoms with Crippen molar-refractivity contribution >= 4 is 0 Å². The van der Waals surface area contributed by atoms with Crippen molar-refractivity contribution in [3.05, 3.63) is 12.2 Å². The molecule has 10 heavy (non-hydrogen) atoms. The van der Waals surface area contributed by atoms with Crippen LogP contribution in [0.2, 0.25) is 0 Å². The first kappa shape index (κ1) is 7.80. The van der Waals surface area contributed by atoms with Crippen molar-refractivity contribution in [1.29, 1.82) is 0 Å². The Hall–Kier alpha value is -0.300. The summed E-state index contributed by atoms with van der Waals surface area (Å²) in [5.74, 6) is 0. The summed E-state index contributed by atoms with van der Waals surface area (Å²) < 4.78 is 0. The van der Waals surface area contributed by atoms with Crippen LogP contribution in [0.5, 0.6) is 0 Å². The van der Waals surface area contributed by atoms with Gasteiger partial charge >= 0.3 is 0 Å². The average Bonchev–Trinajstić information content (AvgIpc) is 2.40. The number of rotatable bonds is 3. The number of hydrogen-bond acceptors (Lipinski definition) is 1. The summed E-state index contributed by atoms with van der Waals surface area (Å²) in [6, 6.07) is 0. The molecule has 1 aliphatic heterocycles. The highest BCUT2D eigenvalue weighted by Gasteiger charge is 2.10. The summed E-state index contributed by atoms with van der Waals surface area (Å²) in [7, 11) is 0. The molecule has 0 radical (unpaired) electrons. The third-order valence-electron chi connectivity index (χ3n) is 2.15. The van der Waals surface area contributed by atoms with Crippen LogP contribution in [-0.4, -0.2) is 24.5 Å². The number of nitrogens with zero attached hydrogens (tertiary/aromatic N) is 1. The van der Waals surface area contributed by atoms with E-state index in [1.165, 1.54) is 31.5 Å². The van der Waals surface area contributed by atoms with Crippen LogP contribution in [0.1, 0.15) is 26.2 Å². The normalized spacial score (nSPS) is 19.7. The van der Waals surface area contributed by atoms with Crippen LogP contribution < -0.4 is 0 Å². The van der Waals surface area contributed by atoms with Gasteiger partial charge in [0.15, 0.2) is 0 Å². The van der Waals surface area contributed by atoms with E-state index in [2.05, 4.69) is 18.4 Å². The van der Waals surface area contributed by atoms with Crippen LogP contribution >= 0.6 is 0 Å². The van der Waals surface area contributed by atoms with Crippen LogP contribution in [0.4, 0.5) is 0 Å². The molecule has 0 spiro atoms. The summed E-state index contributed by atoms with van der Waals surface area (Å²) in [6.07, 6.45) is 3.91. The van der Waals surface area contributed by atoms with Crippen LogP contribution in [0.3, 0.4) is 0 Å². The molecule has 0 bridgehead atoms. The van der Waals surface area contributed by atoms with E-state index in [0.29, 0.717) is 0 Å². The van der Waals surface area contributed by atoms with Crippen molar-refractivity contribution in [2.45, 2.75) is 26.2 Å². The molecule has 0 N–H and O–H groups in total. The molecular formula is C9H17N. The smallest absolute Gasteiger partial charge is 0.0190 e. The molecule has 1 heteroatoms. The quantitative estimate of drug-likeness (QED) is 0.541. The molecule has 1 aliphatic rings. The lowest BCUT2D eigenvalue weighted by molar-refractivity contribution is 0.366. The molecule has 1 heterocycles. The van der Waals surface area contributed by atoms with Crippen LogP contribution in [0.15, 0.2) is 12.2 Å². The first-order valence-corrected chi connectivity index (χ1v) is 4.22. The van der Waals surface area contributed by atoms with Gasteiger partial charge in [-0.3, -0.25) is 4.90 Å². The molecule has 0 aromatic rings. The van der Waals surface area contributed by atoms with Gasteiger partial charge < -0.3 is 0 Å². The van der Waals surface area contributed by atoms with Gasteiger partial charge in [0, 0.05) is 6.54 Å². The zero-order valence-corrected chi connectivity index (χ0v) is 6.90. The zero-order valence-electron chi connectivity index (χ0n) is 6.90. The maximum absolute atomic E-state index is 4.00. The maximum atomic E-state index is 4.00. The molecule has 1 fully saturated rings. The predicted octanol–water partition coefficient (Wildman–Crippen LogP) is 2.05. The Labute approximate surface area is 63.7 Å². The van der Waals surface area contributed by atoms with Crippen LogP contribution in [0.25, 0.3) is 0 Å². The molecule has 0 atom stereocenters. The molecule has 1 rings (SSSR count). The van der Waals surface area contributed by atoms with E-state index in [1.54, 1.807) is 0 Å². The largest absolute Gasteiger partial charge is 0.299 e. The number of hydrogen-bond donors (Lipinski definition) is 0. The first-order chi connectivity index (χ1) is 4.83. The Morgan fingerprint density at radius 1 is 1.40 bits per heavy atom. The van der Waals surface area contributed by atoms with Crippen molar-refractivity contribution in [2.75, 3.05) is 19.6 Å². The Morgan fingerprint density at radius 3 is 2.50 bits per heavy atom. The van der Waals surface area contributed by atoms with Gasteiger partial charge in [-0.2, -0.15) is 0 Å². The minimum Gasteiger partial charge on any atom is -0.299 e. The fraction of sp³-hybridized carbons (Fsp3) is 0.778. The Morgan fingerprint density at radius 2 is 2.00 bits per heavy atom. The van der Waals surface area contributed by atoms with Crippen LogP contribution in [-0.2, 0) is 0 Å². The third kappa shape index (κ3) is 2.14. The second kappa shape index (κ2) is 3.77. The fourth-order valence-corrected chi connectivity index (χ4v) is 1.37. The second-order valence-electron chi connectivity index (χ2n) is 3.09. The van der Waals surface area contributed by atoms with E-state index in [4.69, 9.17) is 0 Å². The zero-order chi connectivity index (χ0) is 7.40. The Balaban J connectivity index is 2.17. The number of likely N-dealkylation sites (tertiary alicyclic amines) is 1. The summed E-state index contributed by atoms with van der Waals surface area (Å²) in [5, 5.41) is 0. The second-order valence-corrected chi connectivity index (χ2v) is 3.09. The molecule has 0 aromatic heterocycles. The fourth-order valence-electron chi connectivity index (χ4n) is 1.37. The molecule has 0 saturated carbocycles. The van der Waals surface area contributed by atoms with Gasteiger partial charge in [-0.05, 0) is 32.4 Å². The summed E-state index contributed by atoms with van der Waals surface area (Å²) in [4.78, 5) is 2.49. The molecule has 1 nitrogen and oxygen atoms in total. The average molecular weight is 139 g/mol. The highest BCUT2D eigenvalue weighted by molar-refractivity contribution is 4.96. The van der Waals surface area contributed by atoms with Gasteiger partial charge in [-0.15, -0.1) is 0 Å². The lowest BCUT2D eigenvalue weighted by Crippen LogP contribution is -2.21. The molecule has 0 unspecified atom stereocenters. The van der Waals surface area contributed by atoms with E-state index in [1.807, 2.05) is 0 Å². The molecule has 1 saturated heterocycles. The van der Waals surface area contributed by atoms with E-state index in [0.717, 1.165) is 13.0 Å². The molecule has 0 amide bonds. The van der Waals surface area contributed by atoms with E-state index >= 15 is 0 Å². The van der Waals surface area contributed by atoms with Gasteiger partial charge in [0.25, 0.3) is 0 Å². The van der Waals surface area contributed by atoms with Gasteiger partial charge in [-0.25, -0.2) is 0 Å². The summed E-state index contributed by atoms with van der Waals surface area (Å²) in [6.45, 7) is 9.89. The third-order valence-corrected chi connectivity index (χ3v) is 2.15. The van der Waals surface area contributed by atoms with Crippen molar-refractivity contribution in [3.8, 4) is 0 Å². The Bertz CT molecular complexity index is 112. The van der Waals surface area contributed by atoms with Crippen molar-refractivity contribution < 1.29 is 0 Å². The van der Waals surface area contributed by atoms with Crippen molar-refractivity contribution in [2.24, 2.45) is 0 Å². The molecule has 0 aliphatic carbocycles. The van der Waals surface area contributed by atoms with Crippen molar-refractivity contribution in [3.63, 3.8) is 0 Å². The Kier molecular flexibility index (Phi) is 2.94. The SMILES string of the molecule is C=C(CC)CN1CCCC1. The predicted molar refractivity (Wildman–Crippen MR) is 45.1 cm³/mol. The minimum absolute atomic E-state index is 1.14. The maximum Gasteiger partial charge on any atom is 0.0190 e. The highest BCUT2D eigenvalue weighted by atomic mass is 15.1. The van der Waals surface area contributed by atoms with Gasteiger partial charge in [-0.1, -0.05) is 19.1 Å². The van der Waals surface area contributed by atoms with Gasteiger partial charge in [0.05, 0.1) is 0 Å². The van der Waals surface area contributed by atoms with Gasteiger partial charge in [0.2, 0.25) is 0 Å². The molecule has 58 valence electrons. The van der Waals surface area contributed by atoms with Gasteiger partial charge in [0.1, 0.15) is 0 Å². The van der Waals surface area contributed by atoms with E-state index in [9.17, 15) is 0 Å². The van der Waals surface area contributed by atoms with E-state index in [-0.39, 0.29) is 0 Å². The molecule has 0 aromatic carbocycles. The summed E-state index contributed by atoms with van der Waals surface area (Å²) >= 11 is 0. The lowest BCUT2D eigenvalue weighted by Gasteiger charge is -2.14. The first-order valence-electron chi connectivity index (χ1n) is 4.22. The van der Waals surface area contributed by atoms with Crippen LogP contribution in [0, 0.1) is 0 Å². The summed E-state index contributed by atoms with van der Waals surface area (Å²) in [5.41, 5.74) is 1.38. The standard InChI is InChI=1S/C9H17N/c1-3-9(2)8-10-6-4-5-7-10/h2-8H2,1H3. The topological polar surface area (TPSA) is 3.24 Å². The lowest BCUT2D eigenvalue weighted by atomic mass is 10.2. The molecular weight excluding hydrogens is 122 g/mol. The van der Waals surface area contributed by atoms with E-state index < -0.39 is 0 Å². The highest BCUT2D eigenvalue weighted by Crippen LogP contribution is 2.10. The monoisotopic (exact) mass is 139 g/mol. The van der Waals surface area contributed by atoms with Crippen molar-refractivity contribution in [1.82, 2.24) is 4.90 Å². The minimum atomic E-state index is 1.14.